The molecule has 0 aliphatic carbocycles. The molecule has 0 saturated heterocycles. The third-order valence-corrected chi connectivity index (χ3v) is 2.98. The fraction of sp³-hybridized carbons (Fsp3) is 0.118. The monoisotopic (exact) mass is 317 g/mol. The van der Waals surface area contributed by atoms with Gasteiger partial charge in [0, 0.05) is 5.56 Å². The topological polar surface area (TPSA) is 38.3 Å². The maximum atomic E-state index is 13.0. The molecule has 0 heterocycles. The second-order valence-electron chi connectivity index (χ2n) is 4.35. The number of hydrogen-bond donors (Lipinski definition) is 1. The molecule has 0 radical (unpaired) electrons. The Hall–Kier alpha value is -2.51. The van der Waals surface area contributed by atoms with Crippen molar-refractivity contribution in [2.75, 3.05) is 6.54 Å². The van der Waals surface area contributed by atoms with Gasteiger partial charge in [-0.05, 0) is 23.8 Å². The second-order valence-corrected chi connectivity index (χ2v) is 4.75. The molecule has 1 amide bonds. The van der Waals surface area contributed by atoms with Crippen molar-refractivity contribution in [3.05, 3.63) is 70.5 Å². The number of amides is 1. The van der Waals surface area contributed by atoms with E-state index in [1.165, 1.54) is 18.2 Å². The molecule has 0 aliphatic heterocycles. The minimum absolute atomic E-state index is 0.0158. The van der Waals surface area contributed by atoms with E-state index in [1.807, 2.05) is 30.3 Å². The molecular weight excluding hydrogens is 305 g/mol. The number of alkyl carbamates (subject to hydrolysis) is 1. The smallest absolute Gasteiger partial charge is 0.408 e. The van der Waals surface area contributed by atoms with E-state index in [9.17, 15) is 9.18 Å². The van der Waals surface area contributed by atoms with Gasteiger partial charge in [-0.15, -0.1) is 0 Å². The van der Waals surface area contributed by atoms with E-state index in [1.54, 1.807) is 0 Å². The van der Waals surface area contributed by atoms with Crippen LogP contribution >= 0.6 is 11.6 Å². The highest BCUT2D eigenvalue weighted by molar-refractivity contribution is 6.30. The summed E-state index contributed by atoms with van der Waals surface area (Å²) in [7, 11) is 0. The van der Waals surface area contributed by atoms with Gasteiger partial charge in [0.25, 0.3) is 0 Å². The molecule has 2 rings (SSSR count). The number of carbonyl (C=O) groups excluding carboxylic acids is 1. The molecule has 0 spiro atoms. The molecule has 1 N–H and O–H groups in total. The van der Waals surface area contributed by atoms with Crippen LogP contribution in [0.1, 0.15) is 11.1 Å². The van der Waals surface area contributed by atoms with E-state index in [-0.39, 0.29) is 18.2 Å². The zero-order valence-corrected chi connectivity index (χ0v) is 12.4. The zero-order valence-electron chi connectivity index (χ0n) is 11.6. The number of hydrogen-bond acceptors (Lipinski definition) is 2. The lowest BCUT2D eigenvalue weighted by Crippen LogP contribution is -2.24. The van der Waals surface area contributed by atoms with Gasteiger partial charge in [0.1, 0.15) is 12.4 Å². The maximum Gasteiger partial charge on any atom is 0.408 e. The zero-order chi connectivity index (χ0) is 15.8. The largest absolute Gasteiger partial charge is 0.445 e. The molecule has 2 aromatic carbocycles. The van der Waals surface area contributed by atoms with Crippen molar-refractivity contribution >= 4 is 17.7 Å². The van der Waals surface area contributed by atoms with Crippen LogP contribution in [0.3, 0.4) is 0 Å². The Balaban J connectivity index is 1.75. The molecule has 0 saturated carbocycles. The van der Waals surface area contributed by atoms with Crippen molar-refractivity contribution in [3.63, 3.8) is 0 Å². The number of benzene rings is 2. The van der Waals surface area contributed by atoms with Crippen LogP contribution in [0.4, 0.5) is 9.18 Å². The molecule has 0 aliphatic rings. The van der Waals surface area contributed by atoms with E-state index in [0.717, 1.165) is 5.56 Å². The van der Waals surface area contributed by atoms with Crippen molar-refractivity contribution in [1.29, 1.82) is 0 Å². The van der Waals surface area contributed by atoms with Crippen LogP contribution in [0.15, 0.2) is 48.5 Å². The van der Waals surface area contributed by atoms with Gasteiger partial charge in [-0.25, -0.2) is 9.18 Å². The van der Waals surface area contributed by atoms with Crippen molar-refractivity contribution < 1.29 is 13.9 Å². The third-order valence-electron chi connectivity index (χ3n) is 2.69. The van der Waals surface area contributed by atoms with Crippen molar-refractivity contribution in [1.82, 2.24) is 5.32 Å². The molecule has 2 aromatic rings. The fourth-order valence-electron chi connectivity index (χ4n) is 1.61. The van der Waals surface area contributed by atoms with E-state index in [2.05, 4.69) is 17.2 Å². The molecule has 0 fully saturated rings. The third kappa shape index (κ3) is 5.12. The quantitative estimate of drug-likeness (QED) is 0.875. The van der Waals surface area contributed by atoms with E-state index >= 15 is 0 Å². The summed E-state index contributed by atoms with van der Waals surface area (Å²) in [5.41, 5.74) is 1.48. The summed E-state index contributed by atoms with van der Waals surface area (Å²) in [6.45, 7) is 0.330. The molecule has 0 atom stereocenters. The summed E-state index contributed by atoms with van der Waals surface area (Å²) in [6, 6.07) is 13.6. The number of carbonyl (C=O) groups is 1. The molecule has 0 bridgehead atoms. The van der Waals surface area contributed by atoms with E-state index in [0.29, 0.717) is 5.56 Å². The van der Waals surface area contributed by atoms with Gasteiger partial charge in [-0.3, -0.25) is 0 Å². The molecule has 5 heteroatoms. The van der Waals surface area contributed by atoms with Gasteiger partial charge in [0.05, 0.1) is 11.6 Å². The Bertz CT molecular complexity index is 708. The Morgan fingerprint density at radius 1 is 1.23 bits per heavy atom. The summed E-state index contributed by atoms with van der Waals surface area (Å²) in [4.78, 5) is 11.5. The Labute approximate surface area is 133 Å². The highest BCUT2D eigenvalue weighted by Gasteiger charge is 2.00. The Morgan fingerprint density at radius 3 is 2.73 bits per heavy atom. The Kier molecular flexibility index (Phi) is 5.81. The van der Waals surface area contributed by atoms with Gasteiger partial charge >= 0.3 is 6.09 Å². The predicted molar refractivity (Wildman–Crippen MR) is 82.9 cm³/mol. The normalized spacial score (nSPS) is 9.55. The van der Waals surface area contributed by atoms with Gasteiger partial charge in [-0.2, -0.15) is 0 Å². The molecule has 0 aromatic heterocycles. The van der Waals surface area contributed by atoms with Crippen molar-refractivity contribution in [2.45, 2.75) is 6.61 Å². The predicted octanol–water partition coefficient (Wildman–Crippen LogP) is 3.76. The first-order valence-electron chi connectivity index (χ1n) is 6.53. The van der Waals surface area contributed by atoms with Crippen molar-refractivity contribution in [3.8, 4) is 11.8 Å². The first kappa shape index (κ1) is 15.9. The summed E-state index contributed by atoms with van der Waals surface area (Å²) >= 11 is 5.64. The average Bonchev–Trinajstić information content (AvgIpc) is 2.54. The van der Waals surface area contributed by atoms with Crippen LogP contribution in [0.5, 0.6) is 0 Å². The van der Waals surface area contributed by atoms with Gasteiger partial charge in [0.15, 0.2) is 0 Å². The number of nitrogens with one attached hydrogen (secondary N) is 1. The summed E-state index contributed by atoms with van der Waals surface area (Å²) < 4.78 is 18.0. The molecule has 3 nitrogen and oxygen atoms in total. The molecular formula is C17H13ClFNO2. The molecule has 22 heavy (non-hydrogen) atoms. The summed E-state index contributed by atoms with van der Waals surface area (Å²) in [5, 5.41) is 2.52. The van der Waals surface area contributed by atoms with Gasteiger partial charge < -0.3 is 10.1 Å². The SMILES string of the molecule is O=C(NCC#Cc1ccc(F)c(Cl)c1)OCc1ccccc1. The number of rotatable bonds is 3. The lowest BCUT2D eigenvalue weighted by Gasteiger charge is -2.04. The van der Waals surface area contributed by atoms with E-state index < -0.39 is 11.9 Å². The summed E-state index contributed by atoms with van der Waals surface area (Å²) in [6.07, 6.45) is -0.546. The number of halogens is 2. The lowest BCUT2D eigenvalue weighted by molar-refractivity contribution is 0.141. The van der Waals surface area contributed by atoms with E-state index in [4.69, 9.17) is 16.3 Å². The van der Waals surface area contributed by atoms with Crippen LogP contribution in [-0.2, 0) is 11.3 Å². The second kappa shape index (κ2) is 8.06. The van der Waals surface area contributed by atoms with Gasteiger partial charge in [0.2, 0.25) is 0 Å². The van der Waals surface area contributed by atoms with Crippen molar-refractivity contribution in [2.24, 2.45) is 0 Å². The van der Waals surface area contributed by atoms with Crippen LogP contribution in [-0.4, -0.2) is 12.6 Å². The minimum atomic E-state index is -0.546. The maximum absolute atomic E-state index is 13.0. The minimum Gasteiger partial charge on any atom is -0.445 e. The van der Waals surface area contributed by atoms with Crippen LogP contribution < -0.4 is 5.32 Å². The van der Waals surface area contributed by atoms with Crippen LogP contribution in [0, 0.1) is 17.7 Å². The van der Waals surface area contributed by atoms with Gasteiger partial charge in [-0.1, -0.05) is 53.8 Å². The first-order valence-corrected chi connectivity index (χ1v) is 6.91. The lowest BCUT2D eigenvalue weighted by atomic mass is 10.2. The number of ether oxygens (including phenoxy) is 1. The fourth-order valence-corrected chi connectivity index (χ4v) is 1.79. The highest BCUT2D eigenvalue weighted by Crippen LogP contribution is 2.15. The standard InChI is InChI=1S/C17H13ClFNO2/c18-15-11-13(8-9-16(15)19)7-4-10-20-17(21)22-12-14-5-2-1-3-6-14/h1-3,5-6,8-9,11H,10,12H2,(H,20,21). The highest BCUT2D eigenvalue weighted by atomic mass is 35.5. The summed E-state index contributed by atoms with van der Waals surface area (Å²) in [5.74, 6) is 5.01. The van der Waals surface area contributed by atoms with Crippen LogP contribution in [0.25, 0.3) is 0 Å². The molecule has 0 unspecified atom stereocenters. The first-order chi connectivity index (χ1) is 10.6. The van der Waals surface area contributed by atoms with Crippen LogP contribution in [0.2, 0.25) is 5.02 Å². The molecule has 112 valence electrons. The average molecular weight is 318 g/mol. The Morgan fingerprint density at radius 2 is 2.00 bits per heavy atom.